The molecule has 1 aromatic rings. The van der Waals surface area contributed by atoms with E-state index in [0.717, 1.165) is 51.5 Å². The Kier molecular flexibility index (Phi) is 5.41. The summed E-state index contributed by atoms with van der Waals surface area (Å²) in [7, 11) is 1.77. The molecule has 0 radical (unpaired) electrons. The second-order valence-corrected chi connectivity index (χ2v) is 7.01. The van der Waals surface area contributed by atoms with Gasteiger partial charge >= 0.3 is 0 Å². The molecule has 1 amide bonds. The molecule has 0 aliphatic carbocycles. The highest BCUT2D eigenvalue weighted by molar-refractivity contribution is 5.78. The van der Waals surface area contributed by atoms with Gasteiger partial charge < -0.3 is 19.3 Å². The van der Waals surface area contributed by atoms with Crippen LogP contribution in [-0.4, -0.2) is 68.8 Å². The van der Waals surface area contributed by atoms with Crippen molar-refractivity contribution in [1.29, 1.82) is 0 Å². The zero-order chi connectivity index (χ0) is 17.0. The number of benzene rings is 1. The highest BCUT2D eigenvalue weighted by atomic mass is 16.5. The fourth-order valence-corrected chi connectivity index (χ4v) is 4.14. The molecule has 2 atom stereocenters. The molecule has 24 heavy (non-hydrogen) atoms. The zero-order valence-electron chi connectivity index (χ0n) is 14.7. The highest BCUT2D eigenvalue weighted by Crippen LogP contribution is 2.43. The summed E-state index contributed by atoms with van der Waals surface area (Å²) in [6.07, 6.45) is 1.06. The van der Waals surface area contributed by atoms with Gasteiger partial charge in [0.25, 0.3) is 5.91 Å². The van der Waals surface area contributed by atoms with E-state index in [9.17, 15) is 4.79 Å². The second kappa shape index (κ2) is 7.53. The molecule has 132 valence electrons. The number of amides is 1. The van der Waals surface area contributed by atoms with E-state index in [1.165, 1.54) is 0 Å². The molecule has 2 aliphatic rings. The quantitative estimate of drug-likeness (QED) is 0.798. The molecule has 0 unspecified atom stereocenters. The van der Waals surface area contributed by atoms with Crippen molar-refractivity contribution in [3.8, 4) is 5.75 Å². The molecule has 0 bridgehead atoms. The molecule has 3 rings (SSSR count). The summed E-state index contributed by atoms with van der Waals surface area (Å²) in [5.41, 5.74) is 0.189. The van der Waals surface area contributed by atoms with E-state index in [2.05, 4.69) is 11.8 Å². The Morgan fingerprint density at radius 1 is 1.29 bits per heavy atom. The van der Waals surface area contributed by atoms with Crippen molar-refractivity contribution in [2.75, 3.05) is 53.0 Å². The van der Waals surface area contributed by atoms with E-state index in [1.807, 2.05) is 35.2 Å². The lowest BCUT2D eigenvalue weighted by atomic mass is 9.78. The van der Waals surface area contributed by atoms with Gasteiger partial charge in [0.05, 0.1) is 6.61 Å². The van der Waals surface area contributed by atoms with E-state index in [1.54, 1.807) is 7.11 Å². The van der Waals surface area contributed by atoms with Gasteiger partial charge in [0.2, 0.25) is 0 Å². The van der Waals surface area contributed by atoms with Crippen molar-refractivity contribution in [3.05, 3.63) is 30.3 Å². The number of hydrogen-bond acceptors (Lipinski definition) is 4. The van der Waals surface area contributed by atoms with Crippen LogP contribution in [0.15, 0.2) is 30.3 Å². The topological polar surface area (TPSA) is 42.0 Å². The molecule has 2 aliphatic heterocycles. The summed E-state index contributed by atoms with van der Waals surface area (Å²) in [6.45, 7) is 7.96. The van der Waals surface area contributed by atoms with Crippen LogP contribution in [0, 0.1) is 11.3 Å². The Labute approximate surface area is 144 Å². The molecule has 1 aromatic carbocycles. The average Bonchev–Trinajstić information content (AvgIpc) is 3.19. The third kappa shape index (κ3) is 3.57. The lowest BCUT2D eigenvalue weighted by Gasteiger charge is -2.30. The average molecular weight is 332 g/mol. The molecule has 0 saturated carbocycles. The van der Waals surface area contributed by atoms with Gasteiger partial charge in [-0.05, 0) is 25.1 Å². The van der Waals surface area contributed by atoms with Crippen molar-refractivity contribution < 1.29 is 14.3 Å². The number of carbonyl (C=O) groups is 1. The van der Waals surface area contributed by atoms with Gasteiger partial charge in [-0.25, -0.2) is 0 Å². The molecular weight excluding hydrogens is 304 g/mol. The molecule has 2 fully saturated rings. The molecule has 0 N–H and O–H groups in total. The maximum absolute atomic E-state index is 12.5. The van der Waals surface area contributed by atoms with E-state index in [-0.39, 0.29) is 17.9 Å². The van der Waals surface area contributed by atoms with Crippen LogP contribution in [0.2, 0.25) is 0 Å². The van der Waals surface area contributed by atoms with Crippen molar-refractivity contribution >= 4 is 5.91 Å². The molecule has 0 aromatic heterocycles. The van der Waals surface area contributed by atoms with Crippen LogP contribution in [0.5, 0.6) is 5.75 Å². The van der Waals surface area contributed by atoms with Crippen LogP contribution in [0.1, 0.15) is 13.3 Å². The zero-order valence-corrected chi connectivity index (χ0v) is 14.7. The smallest absolute Gasteiger partial charge is 0.260 e. The van der Waals surface area contributed by atoms with Crippen LogP contribution >= 0.6 is 0 Å². The minimum Gasteiger partial charge on any atom is -0.484 e. The molecular formula is C19H28N2O3. The van der Waals surface area contributed by atoms with Crippen molar-refractivity contribution in [2.24, 2.45) is 11.3 Å². The second-order valence-electron chi connectivity index (χ2n) is 7.01. The summed E-state index contributed by atoms with van der Waals surface area (Å²) >= 11 is 0. The van der Waals surface area contributed by atoms with Crippen LogP contribution in [-0.2, 0) is 9.53 Å². The number of methoxy groups -OCH3 is 1. The predicted molar refractivity (Wildman–Crippen MR) is 93.0 cm³/mol. The van der Waals surface area contributed by atoms with Gasteiger partial charge in [0.15, 0.2) is 6.61 Å². The number of likely N-dealkylation sites (tertiary alicyclic amines) is 2. The highest BCUT2D eigenvalue weighted by Gasteiger charge is 2.50. The van der Waals surface area contributed by atoms with Crippen LogP contribution < -0.4 is 4.74 Å². The minimum atomic E-state index is 0.0850. The molecule has 1 spiro atoms. The largest absolute Gasteiger partial charge is 0.484 e. The normalized spacial score (nSPS) is 27.1. The summed E-state index contributed by atoms with van der Waals surface area (Å²) in [4.78, 5) is 17.0. The van der Waals surface area contributed by atoms with E-state index < -0.39 is 0 Å². The van der Waals surface area contributed by atoms with Gasteiger partial charge in [-0.3, -0.25) is 4.79 Å². The van der Waals surface area contributed by atoms with Gasteiger partial charge in [-0.1, -0.05) is 25.1 Å². The lowest BCUT2D eigenvalue weighted by Crippen LogP contribution is -2.39. The summed E-state index contributed by atoms with van der Waals surface area (Å²) in [5.74, 6) is 1.34. The Hall–Kier alpha value is -1.59. The fourth-order valence-electron chi connectivity index (χ4n) is 4.14. The first kappa shape index (κ1) is 17.2. The lowest BCUT2D eigenvalue weighted by molar-refractivity contribution is -0.132. The maximum Gasteiger partial charge on any atom is 0.260 e. The van der Waals surface area contributed by atoms with Gasteiger partial charge in [-0.15, -0.1) is 0 Å². The number of nitrogens with zero attached hydrogens (tertiary/aromatic N) is 2. The van der Waals surface area contributed by atoms with Gasteiger partial charge in [0, 0.05) is 44.6 Å². The van der Waals surface area contributed by atoms with E-state index in [4.69, 9.17) is 9.47 Å². The van der Waals surface area contributed by atoms with Crippen LogP contribution in [0.3, 0.4) is 0 Å². The number of hydrogen-bond donors (Lipinski definition) is 0. The standard InChI is InChI=1S/C19H28N2O3/c1-3-20-11-16(12-23-2)19(14-20)9-10-21(15-19)18(22)13-24-17-7-5-4-6-8-17/h4-8,16H,3,9-15H2,1-2H3/t16-,19-/m0/s1. The SMILES string of the molecule is CCN1C[C@@H](COC)[C@@]2(CCN(C(=O)COc3ccccc3)C2)C1. The third-order valence-corrected chi connectivity index (χ3v) is 5.54. The summed E-state index contributed by atoms with van der Waals surface area (Å²) in [5, 5.41) is 0. The minimum absolute atomic E-state index is 0.0850. The summed E-state index contributed by atoms with van der Waals surface area (Å²) in [6, 6.07) is 9.52. The Bertz CT molecular complexity index is 551. The molecule has 2 saturated heterocycles. The fraction of sp³-hybridized carbons (Fsp3) is 0.632. The summed E-state index contributed by atoms with van der Waals surface area (Å²) < 4.78 is 11.1. The first-order valence-electron chi connectivity index (χ1n) is 8.84. The number of ether oxygens (including phenoxy) is 2. The first-order valence-corrected chi connectivity index (χ1v) is 8.84. The van der Waals surface area contributed by atoms with Crippen molar-refractivity contribution in [1.82, 2.24) is 9.80 Å². The molecule has 5 heteroatoms. The van der Waals surface area contributed by atoms with E-state index >= 15 is 0 Å². The number of rotatable bonds is 6. The molecule has 5 nitrogen and oxygen atoms in total. The third-order valence-electron chi connectivity index (χ3n) is 5.54. The Morgan fingerprint density at radius 3 is 2.79 bits per heavy atom. The van der Waals surface area contributed by atoms with Gasteiger partial charge in [-0.2, -0.15) is 0 Å². The first-order chi connectivity index (χ1) is 11.7. The predicted octanol–water partition coefficient (Wildman–Crippen LogP) is 1.88. The van der Waals surface area contributed by atoms with Crippen LogP contribution in [0.4, 0.5) is 0 Å². The van der Waals surface area contributed by atoms with E-state index in [0.29, 0.717) is 5.92 Å². The van der Waals surface area contributed by atoms with Gasteiger partial charge in [0.1, 0.15) is 5.75 Å². The van der Waals surface area contributed by atoms with Crippen molar-refractivity contribution in [2.45, 2.75) is 13.3 Å². The molecule has 2 heterocycles. The Balaban J connectivity index is 1.58. The number of carbonyl (C=O) groups excluding carboxylic acids is 1. The maximum atomic E-state index is 12.5. The Morgan fingerprint density at radius 2 is 2.08 bits per heavy atom. The van der Waals surface area contributed by atoms with Crippen LogP contribution in [0.25, 0.3) is 0 Å². The number of para-hydroxylation sites is 1. The monoisotopic (exact) mass is 332 g/mol. The van der Waals surface area contributed by atoms with Crippen molar-refractivity contribution in [3.63, 3.8) is 0 Å².